The van der Waals surface area contributed by atoms with Crippen molar-refractivity contribution in [1.29, 1.82) is 0 Å². The Morgan fingerprint density at radius 1 is 1.29 bits per heavy atom. The third-order valence-corrected chi connectivity index (χ3v) is 4.54. The summed E-state index contributed by atoms with van der Waals surface area (Å²) in [5.41, 5.74) is 5.76. The van der Waals surface area contributed by atoms with Gasteiger partial charge in [0.05, 0.1) is 0 Å². The van der Waals surface area contributed by atoms with Crippen molar-refractivity contribution in [2.24, 2.45) is 28.9 Å². The first-order valence-electron chi connectivity index (χ1n) is 6.91. The molecule has 0 aromatic carbocycles. The van der Waals surface area contributed by atoms with Crippen molar-refractivity contribution in [2.75, 3.05) is 20.1 Å². The van der Waals surface area contributed by atoms with Crippen LogP contribution in [0.5, 0.6) is 0 Å². The SMILES string of the molecule is CN(CC(C)(C)CN)C(=O)C1C2CCCCC21. The van der Waals surface area contributed by atoms with Gasteiger partial charge in [0.15, 0.2) is 0 Å². The molecule has 1 amide bonds. The van der Waals surface area contributed by atoms with E-state index in [9.17, 15) is 4.79 Å². The minimum atomic E-state index is 0.0322. The van der Waals surface area contributed by atoms with Crippen LogP contribution in [0.3, 0.4) is 0 Å². The van der Waals surface area contributed by atoms with E-state index in [1.807, 2.05) is 11.9 Å². The lowest BCUT2D eigenvalue weighted by Crippen LogP contribution is -2.40. The fourth-order valence-electron chi connectivity index (χ4n) is 3.40. The van der Waals surface area contributed by atoms with Crippen molar-refractivity contribution in [1.82, 2.24) is 4.90 Å². The average molecular weight is 238 g/mol. The Morgan fingerprint density at radius 3 is 2.29 bits per heavy atom. The van der Waals surface area contributed by atoms with Gasteiger partial charge >= 0.3 is 0 Å². The molecule has 2 fully saturated rings. The Morgan fingerprint density at radius 2 is 1.82 bits per heavy atom. The normalized spacial score (nSPS) is 31.9. The number of amides is 1. The molecule has 0 radical (unpaired) electrons. The fraction of sp³-hybridized carbons (Fsp3) is 0.929. The van der Waals surface area contributed by atoms with Crippen LogP contribution in [-0.4, -0.2) is 30.9 Å². The standard InChI is InChI=1S/C14H26N2O/c1-14(2,8-15)9-16(3)13(17)12-10-6-4-5-7-11(10)12/h10-12H,4-9,15H2,1-3H3. The van der Waals surface area contributed by atoms with Crippen LogP contribution in [0.2, 0.25) is 0 Å². The van der Waals surface area contributed by atoms with Crippen molar-refractivity contribution in [3.8, 4) is 0 Å². The number of hydrogen-bond acceptors (Lipinski definition) is 2. The van der Waals surface area contributed by atoms with Crippen molar-refractivity contribution in [2.45, 2.75) is 39.5 Å². The molecular formula is C14H26N2O. The molecule has 2 aliphatic rings. The van der Waals surface area contributed by atoms with Crippen molar-refractivity contribution in [3.63, 3.8) is 0 Å². The third kappa shape index (κ3) is 2.65. The Kier molecular flexibility index (Phi) is 3.48. The zero-order valence-corrected chi connectivity index (χ0v) is 11.4. The molecule has 2 saturated carbocycles. The van der Waals surface area contributed by atoms with Crippen LogP contribution in [0.15, 0.2) is 0 Å². The molecule has 2 unspecified atom stereocenters. The molecule has 2 aliphatic carbocycles. The Labute approximate surface area is 105 Å². The predicted molar refractivity (Wildman–Crippen MR) is 69.4 cm³/mol. The lowest BCUT2D eigenvalue weighted by atomic mass is 9.93. The van der Waals surface area contributed by atoms with E-state index >= 15 is 0 Å². The highest BCUT2D eigenvalue weighted by molar-refractivity contribution is 5.82. The first-order chi connectivity index (χ1) is 7.96. The van der Waals surface area contributed by atoms with Crippen LogP contribution >= 0.6 is 0 Å². The maximum atomic E-state index is 12.4. The summed E-state index contributed by atoms with van der Waals surface area (Å²) in [7, 11) is 1.93. The van der Waals surface area contributed by atoms with Crippen molar-refractivity contribution in [3.05, 3.63) is 0 Å². The molecule has 0 aliphatic heterocycles. The second kappa shape index (κ2) is 4.60. The molecule has 0 aromatic rings. The third-order valence-electron chi connectivity index (χ3n) is 4.54. The van der Waals surface area contributed by atoms with Crippen LogP contribution in [0.4, 0.5) is 0 Å². The summed E-state index contributed by atoms with van der Waals surface area (Å²) >= 11 is 0. The van der Waals surface area contributed by atoms with Crippen molar-refractivity contribution >= 4 is 5.91 Å². The zero-order valence-electron chi connectivity index (χ0n) is 11.4. The van der Waals surface area contributed by atoms with Crippen LogP contribution in [-0.2, 0) is 4.79 Å². The summed E-state index contributed by atoms with van der Waals surface area (Å²) in [6.45, 7) is 5.65. The van der Waals surface area contributed by atoms with Gasteiger partial charge < -0.3 is 10.6 Å². The molecular weight excluding hydrogens is 212 g/mol. The van der Waals surface area contributed by atoms with E-state index in [1.54, 1.807) is 0 Å². The number of nitrogens with two attached hydrogens (primary N) is 1. The van der Waals surface area contributed by atoms with Crippen LogP contribution in [0, 0.1) is 23.2 Å². The number of nitrogens with zero attached hydrogens (tertiary/aromatic N) is 1. The first-order valence-corrected chi connectivity index (χ1v) is 6.91. The van der Waals surface area contributed by atoms with Gasteiger partial charge in [0.25, 0.3) is 0 Å². The highest BCUT2D eigenvalue weighted by Crippen LogP contribution is 2.56. The Hall–Kier alpha value is -0.570. The monoisotopic (exact) mass is 238 g/mol. The van der Waals surface area contributed by atoms with Crippen LogP contribution < -0.4 is 5.73 Å². The molecule has 0 bridgehead atoms. The maximum Gasteiger partial charge on any atom is 0.226 e. The molecule has 2 rings (SSSR count). The molecule has 0 heterocycles. The number of rotatable bonds is 4. The molecule has 98 valence electrons. The number of carbonyl (C=O) groups is 1. The molecule has 3 heteroatoms. The van der Waals surface area contributed by atoms with E-state index in [0.717, 1.165) is 6.54 Å². The number of fused-ring (bicyclic) bond motifs is 1. The second-order valence-electron chi connectivity index (χ2n) is 6.70. The number of hydrogen-bond donors (Lipinski definition) is 1. The first kappa shape index (κ1) is 12.9. The van der Waals surface area contributed by atoms with E-state index in [-0.39, 0.29) is 5.41 Å². The van der Waals surface area contributed by atoms with E-state index < -0.39 is 0 Å². The molecule has 2 atom stereocenters. The topological polar surface area (TPSA) is 46.3 Å². The molecule has 3 nitrogen and oxygen atoms in total. The van der Waals surface area contributed by atoms with Crippen LogP contribution in [0.25, 0.3) is 0 Å². The highest BCUT2D eigenvalue weighted by Gasteiger charge is 2.55. The van der Waals surface area contributed by atoms with E-state index in [1.165, 1.54) is 25.7 Å². The minimum Gasteiger partial charge on any atom is -0.345 e. The Balaban J connectivity index is 1.88. The van der Waals surface area contributed by atoms with E-state index in [2.05, 4.69) is 13.8 Å². The Bertz CT molecular complexity index is 289. The fourth-order valence-corrected chi connectivity index (χ4v) is 3.40. The van der Waals surface area contributed by atoms with Gasteiger partial charge in [0, 0.05) is 19.5 Å². The van der Waals surface area contributed by atoms with Gasteiger partial charge in [-0.1, -0.05) is 26.7 Å². The summed E-state index contributed by atoms with van der Waals surface area (Å²) < 4.78 is 0. The summed E-state index contributed by atoms with van der Waals surface area (Å²) in [6, 6.07) is 0. The van der Waals surface area contributed by atoms with Gasteiger partial charge in [-0.05, 0) is 36.6 Å². The zero-order chi connectivity index (χ0) is 12.6. The average Bonchev–Trinajstić information content (AvgIpc) is 3.01. The van der Waals surface area contributed by atoms with Gasteiger partial charge in [-0.2, -0.15) is 0 Å². The molecule has 0 aromatic heterocycles. The lowest BCUT2D eigenvalue weighted by molar-refractivity contribution is -0.133. The van der Waals surface area contributed by atoms with E-state index in [4.69, 9.17) is 5.73 Å². The second-order valence-corrected chi connectivity index (χ2v) is 6.70. The van der Waals surface area contributed by atoms with Gasteiger partial charge in [-0.15, -0.1) is 0 Å². The van der Waals surface area contributed by atoms with Crippen molar-refractivity contribution < 1.29 is 4.79 Å². The van der Waals surface area contributed by atoms with Crippen LogP contribution in [0.1, 0.15) is 39.5 Å². The lowest BCUT2D eigenvalue weighted by Gasteiger charge is -2.29. The number of carbonyl (C=O) groups excluding carboxylic acids is 1. The highest BCUT2D eigenvalue weighted by atomic mass is 16.2. The molecule has 2 N–H and O–H groups in total. The van der Waals surface area contributed by atoms with E-state index in [0.29, 0.717) is 30.2 Å². The van der Waals surface area contributed by atoms with Gasteiger partial charge in [0.2, 0.25) is 5.91 Å². The summed E-state index contributed by atoms with van der Waals surface area (Å²) in [5.74, 6) is 2.12. The smallest absolute Gasteiger partial charge is 0.226 e. The summed E-state index contributed by atoms with van der Waals surface area (Å²) in [4.78, 5) is 14.3. The predicted octanol–water partition coefficient (Wildman–Crippen LogP) is 1.87. The summed E-state index contributed by atoms with van der Waals surface area (Å²) in [6.07, 6.45) is 5.19. The molecule has 0 spiro atoms. The largest absolute Gasteiger partial charge is 0.345 e. The quantitative estimate of drug-likeness (QED) is 0.812. The summed E-state index contributed by atoms with van der Waals surface area (Å²) in [5, 5.41) is 0. The molecule has 0 saturated heterocycles. The van der Waals surface area contributed by atoms with Gasteiger partial charge in [0.1, 0.15) is 0 Å². The maximum absolute atomic E-state index is 12.4. The van der Waals surface area contributed by atoms with Gasteiger partial charge in [-0.3, -0.25) is 4.79 Å². The van der Waals surface area contributed by atoms with Gasteiger partial charge in [-0.25, -0.2) is 0 Å². The minimum absolute atomic E-state index is 0.0322. The molecule has 17 heavy (non-hydrogen) atoms.